The standard InChI is InChI=1S/C15H15N3O3/c1-21-14-8-7-11(9-13(14)19)10-16-18-15(20)17-12-5-3-2-4-6-12/h2-10,19H,1H3,(H2,17,18,20)/b16-10-. The van der Waals surface area contributed by atoms with E-state index in [-0.39, 0.29) is 5.75 Å². The van der Waals surface area contributed by atoms with E-state index in [1.807, 2.05) is 18.2 Å². The van der Waals surface area contributed by atoms with Crippen LogP contribution in [0.5, 0.6) is 11.5 Å². The van der Waals surface area contributed by atoms with Gasteiger partial charge in [-0.05, 0) is 35.9 Å². The molecule has 0 fully saturated rings. The molecule has 6 nitrogen and oxygen atoms in total. The smallest absolute Gasteiger partial charge is 0.339 e. The molecule has 2 aromatic carbocycles. The van der Waals surface area contributed by atoms with Crippen molar-refractivity contribution in [2.24, 2.45) is 5.10 Å². The monoisotopic (exact) mass is 285 g/mol. The highest BCUT2D eigenvalue weighted by molar-refractivity contribution is 5.90. The second-order valence-corrected chi connectivity index (χ2v) is 4.12. The van der Waals surface area contributed by atoms with Crippen LogP contribution in [0.3, 0.4) is 0 Å². The average Bonchev–Trinajstić information content (AvgIpc) is 2.48. The summed E-state index contributed by atoms with van der Waals surface area (Å²) in [5.74, 6) is 0.386. The average molecular weight is 285 g/mol. The topological polar surface area (TPSA) is 83.0 Å². The van der Waals surface area contributed by atoms with Gasteiger partial charge in [-0.2, -0.15) is 5.10 Å². The molecule has 0 unspecified atom stereocenters. The molecule has 0 aliphatic carbocycles. The number of nitrogens with zero attached hydrogens (tertiary/aromatic N) is 1. The van der Waals surface area contributed by atoms with E-state index < -0.39 is 6.03 Å². The van der Waals surface area contributed by atoms with Crippen molar-refractivity contribution in [3.63, 3.8) is 0 Å². The molecule has 3 N–H and O–H groups in total. The summed E-state index contributed by atoms with van der Waals surface area (Å²) >= 11 is 0. The Labute approximate surface area is 122 Å². The summed E-state index contributed by atoms with van der Waals surface area (Å²) in [6, 6.07) is 13.4. The van der Waals surface area contributed by atoms with E-state index in [9.17, 15) is 9.90 Å². The molecule has 0 radical (unpaired) electrons. The van der Waals surface area contributed by atoms with Crippen LogP contribution in [-0.2, 0) is 0 Å². The van der Waals surface area contributed by atoms with Crippen molar-refractivity contribution >= 4 is 17.9 Å². The van der Waals surface area contributed by atoms with E-state index in [0.29, 0.717) is 17.0 Å². The van der Waals surface area contributed by atoms with Crippen LogP contribution in [0, 0.1) is 0 Å². The molecule has 0 aromatic heterocycles. The molecule has 0 spiro atoms. The maximum atomic E-state index is 11.6. The normalized spacial score (nSPS) is 10.3. The number of carbonyl (C=O) groups is 1. The van der Waals surface area contributed by atoms with E-state index in [0.717, 1.165) is 0 Å². The van der Waals surface area contributed by atoms with Gasteiger partial charge in [-0.25, -0.2) is 10.2 Å². The SMILES string of the molecule is COc1ccc(/C=N\NC(=O)Nc2ccccc2)cc1O. The van der Waals surface area contributed by atoms with Crippen LogP contribution < -0.4 is 15.5 Å². The first-order valence-electron chi connectivity index (χ1n) is 6.21. The minimum atomic E-state index is -0.449. The molecule has 21 heavy (non-hydrogen) atoms. The third-order valence-corrected chi connectivity index (χ3v) is 2.61. The Bertz CT molecular complexity index is 642. The van der Waals surface area contributed by atoms with Gasteiger partial charge >= 0.3 is 6.03 Å². The first-order valence-corrected chi connectivity index (χ1v) is 6.21. The molecule has 2 rings (SSSR count). The van der Waals surface area contributed by atoms with Gasteiger partial charge in [0.15, 0.2) is 11.5 Å². The Hall–Kier alpha value is -3.02. The summed E-state index contributed by atoms with van der Waals surface area (Å²) in [5.41, 5.74) is 3.64. The van der Waals surface area contributed by atoms with Crippen LogP contribution >= 0.6 is 0 Å². The number of aromatic hydroxyl groups is 1. The van der Waals surface area contributed by atoms with Gasteiger partial charge in [-0.1, -0.05) is 18.2 Å². The number of amides is 2. The van der Waals surface area contributed by atoms with Crippen molar-refractivity contribution in [2.45, 2.75) is 0 Å². The number of rotatable bonds is 4. The van der Waals surface area contributed by atoms with Gasteiger partial charge in [0.05, 0.1) is 13.3 Å². The van der Waals surface area contributed by atoms with Gasteiger partial charge in [0.25, 0.3) is 0 Å². The molecule has 0 heterocycles. The van der Waals surface area contributed by atoms with Crippen LogP contribution in [0.2, 0.25) is 0 Å². The highest BCUT2D eigenvalue weighted by Crippen LogP contribution is 2.25. The van der Waals surface area contributed by atoms with Crippen LogP contribution in [0.25, 0.3) is 0 Å². The van der Waals surface area contributed by atoms with Gasteiger partial charge in [0.2, 0.25) is 0 Å². The zero-order valence-electron chi connectivity index (χ0n) is 11.4. The van der Waals surface area contributed by atoms with E-state index >= 15 is 0 Å². The number of hydrogen-bond acceptors (Lipinski definition) is 4. The number of hydrogen-bond donors (Lipinski definition) is 3. The van der Waals surface area contributed by atoms with E-state index in [4.69, 9.17) is 4.74 Å². The number of urea groups is 1. The Kier molecular flexibility index (Phi) is 4.76. The van der Waals surface area contributed by atoms with Gasteiger partial charge in [0.1, 0.15) is 0 Å². The number of phenols is 1. The Morgan fingerprint density at radius 3 is 2.67 bits per heavy atom. The quantitative estimate of drug-likeness (QED) is 0.596. The first-order chi connectivity index (χ1) is 10.2. The number of carbonyl (C=O) groups excluding carboxylic acids is 1. The molecule has 0 atom stereocenters. The number of methoxy groups -OCH3 is 1. The fraction of sp³-hybridized carbons (Fsp3) is 0.0667. The lowest BCUT2D eigenvalue weighted by molar-refractivity contribution is 0.252. The van der Waals surface area contributed by atoms with Gasteiger partial charge in [-0.15, -0.1) is 0 Å². The maximum absolute atomic E-state index is 11.6. The zero-order chi connectivity index (χ0) is 15.1. The molecule has 0 saturated carbocycles. The molecular weight excluding hydrogens is 270 g/mol. The van der Waals surface area contributed by atoms with Crippen LogP contribution in [0.1, 0.15) is 5.56 Å². The van der Waals surface area contributed by atoms with Gasteiger partial charge < -0.3 is 15.2 Å². The Morgan fingerprint density at radius 2 is 2.00 bits per heavy atom. The zero-order valence-corrected chi connectivity index (χ0v) is 11.4. The van der Waals surface area contributed by atoms with E-state index in [1.54, 1.807) is 24.3 Å². The highest BCUT2D eigenvalue weighted by Gasteiger charge is 2.01. The van der Waals surface area contributed by atoms with Crippen molar-refractivity contribution in [1.82, 2.24) is 5.43 Å². The van der Waals surface area contributed by atoms with Crippen LogP contribution in [0.15, 0.2) is 53.6 Å². The van der Waals surface area contributed by atoms with Crippen molar-refractivity contribution in [3.05, 3.63) is 54.1 Å². The predicted octanol–water partition coefficient (Wildman–Crippen LogP) is 2.56. The van der Waals surface area contributed by atoms with Crippen molar-refractivity contribution in [2.75, 3.05) is 12.4 Å². The summed E-state index contributed by atoms with van der Waals surface area (Å²) < 4.78 is 4.93. The van der Waals surface area contributed by atoms with Crippen LogP contribution in [0.4, 0.5) is 10.5 Å². The highest BCUT2D eigenvalue weighted by atomic mass is 16.5. The molecule has 0 aliphatic rings. The molecule has 108 valence electrons. The lowest BCUT2D eigenvalue weighted by atomic mass is 10.2. The molecule has 0 aliphatic heterocycles. The second kappa shape index (κ2) is 6.95. The fourth-order valence-corrected chi connectivity index (χ4v) is 1.63. The molecule has 6 heteroatoms. The largest absolute Gasteiger partial charge is 0.504 e. The van der Waals surface area contributed by atoms with Gasteiger partial charge in [0, 0.05) is 5.69 Å². The lowest BCUT2D eigenvalue weighted by Crippen LogP contribution is -2.24. The Balaban J connectivity index is 1.90. The predicted molar refractivity (Wildman–Crippen MR) is 80.8 cm³/mol. The maximum Gasteiger partial charge on any atom is 0.339 e. The number of phenolic OH excluding ortho intramolecular Hbond substituents is 1. The van der Waals surface area contributed by atoms with Gasteiger partial charge in [-0.3, -0.25) is 0 Å². The number of para-hydroxylation sites is 1. The number of benzene rings is 2. The summed E-state index contributed by atoms with van der Waals surface area (Å²) in [6.07, 6.45) is 1.42. The summed E-state index contributed by atoms with van der Waals surface area (Å²) in [5, 5.41) is 16.0. The minimum Gasteiger partial charge on any atom is -0.504 e. The van der Waals surface area contributed by atoms with E-state index in [1.165, 1.54) is 19.4 Å². The third-order valence-electron chi connectivity index (χ3n) is 2.61. The first kappa shape index (κ1) is 14.4. The van der Waals surface area contributed by atoms with Crippen molar-refractivity contribution in [3.8, 4) is 11.5 Å². The molecule has 2 aromatic rings. The molecule has 0 bridgehead atoms. The number of ether oxygens (including phenoxy) is 1. The van der Waals surface area contributed by atoms with Crippen molar-refractivity contribution < 1.29 is 14.6 Å². The summed E-state index contributed by atoms with van der Waals surface area (Å²) in [7, 11) is 1.47. The second-order valence-electron chi connectivity index (χ2n) is 4.12. The van der Waals surface area contributed by atoms with E-state index in [2.05, 4.69) is 15.8 Å². The number of hydrazone groups is 1. The molecular formula is C15H15N3O3. The fourth-order valence-electron chi connectivity index (χ4n) is 1.63. The summed E-state index contributed by atoms with van der Waals surface area (Å²) in [6.45, 7) is 0. The minimum absolute atomic E-state index is 0.00943. The number of anilines is 1. The van der Waals surface area contributed by atoms with Crippen molar-refractivity contribution in [1.29, 1.82) is 0 Å². The lowest BCUT2D eigenvalue weighted by Gasteiger charge is -2.04. The molecule has 0 saturated heterocycles. The molecule has 2 amide bonds. The number of nitrogens with one attached hydrogen (secondary N) is 2. The van der Waals surface area contributed by atoms with Crippen LogP contribution in [-0.4, -0.2) is 24.5 Å². The summed E-state index contributed by atoms with van der Waals surface area (Å²) in [4.78, 5) is 11.6. The third kappa shape index (κ3) is 4.24. The Morgan fingerprint density at radius 1 is 1.24 bits per heavy atom.